The monoisotopic (exact) mass is 628 g/mol. The van der Waals surface area contributed by atoms with Crippen molar-refractivity contribution in [2.75, 3.05) is 38.3 Å². The first-order valence-corrected chi connectivity index (χ1v) is 15.3. The van der Waals surface area contributed by atoms with Crippen molar-refractivity contribution in [3.63, 3.8) is 0 Å². The van der Waals surface area contributed by atoms with Crippen molar-refractivity contribution in [3.8, 4) is 11.5 Å². The average molecular weight is 629 g/mol. The first-order chi connectivity index (χ1) is 21.1. The highest BCUT2D eigenvalue weighted by Crippen LogP contribution is 2.38. The summed E-state index contributed by atoms with van der Waals surface area (Å²) in [7, 11) is -4.46. The molecule has 15 heteroatoms. The lowest BCUT2D eigenvalue weighted by molar-refractivity contribution is -0.384. The van der Waals surface area contributed by atoms with Gasteiger partial charge in [0.1, 0.15) is 35.3 Å². The number of sulfone groups is 1. The van der Waals surface area contributed by atoms with Crippen molar-refractivity contribution in [2.45, 2.75) is 28.7 Å². The molecule has 0 radical (unpaired) electrons. The number of nitro benzene ring substituents is 1. The van der Waals surface area contributed by atoms with Crippen LogP contribution in [0.15, 0.2) is 70.7 Å². The van der Waals surface area contributed by atoms with Crippen LogP contribution in [0.3, 0.4) is 0 Å². The van der Waals surface area contributed by atoms with Gasteiger partial charge in [0.15, 0.2) is 5.75 Å². The van der Waals surface area contributed by atoms with Gasteiger partial charge in [-0.1, -0.05) is 6.07 Å². The van der Waals surface area contributed by atoms with Crippen LogP contribution in [0.1, 0.15) is 23.2 Å². The van der Waals surface area contributed by atoms with Crippen molar-refractivity contribution in [3.05, 3.63) is 76.6 Å². The lowest BCUT2D eigenvalue weighted by Crippen LogP contribution is -2.44. The van der Waals surface area contributed by atoms with Gasteiger partial charge in [-0.05, 0) is 68.2 Å². The van der Waals surface area contributed by atoms with Crippen LogP contribution < -0.4 is 15.8 Å². The van der Waals surface area contributed by atoms with Crippen LogP contribution in [0.2, 0.25) is 0 Å². The quantitative estimate of drug-likeness (QED) is 0.149. The molecule has 2 aromatic carbocycles. The van der Waals surface area contributed by atoms with Gasteiger partial charge >= 0.3 is 0 Å². The van der Waals surface area contributed by atoms with Crippen molar-refractivity contribution in [2.24, 2.45) is 11.7 Å². The van der Waals surface area contributed by atoms with Crippen LogP contribution in [-0.2, 0) is 9.84 Å². The second kappa shape index (κ2) is 12.9. The zero-order chi connectivity index (χ0) is 31.4. The highest BCUT2D eigenvalue weighted by Gasteiger charge is 2.30. The summed E-state index contributed by atoms with van der Waals surface area (Å²) in [5, 5.41) is 15.7. The molecule has 1 aliphatic rings. The molecule has 12 nitrogen and oxygen atoms in total. The lowest BCUT2D eigenvalue weighted by atomic mass is 9.95. The van der Waals surface area contributed by atoms with Gasteiger partial charge in [0, 0.05) is 24.2 Å². The number of carbonyl (C=O) groups is 1. The molecule has 0 atom stereocenters. The number of pyridine rings is 1. The van der Waals surface area contributed by atoms with Gasteiger partial charge < -0.3 is 20.8 Å². The number of primary amides is 1. The standard InChI is InChI=1S/C29H30F2N6O6S/c30-14-20(15-31)36-10-7-18(8-11-36)16-34-24-5-4-22(13-25(24)37(39)40)44(41,42)26-3-1-2-23(28(32)38)27(26)43-21-12-19-6-9-33-29(19)35-17-21/h1-6,9,12-13,17-18,20,34H,7-8,10-11,14-16H2,(H2,32,38)(H,33,35). The maximum Gasteiger partial charge on any atom is 0.293 e. The number of rotatable bonds is 12. The molecular formula is C29H30F2N6O6S. The minimum atomic E-state index is -4.46. The third-order valence-corrected chi connectivity index (χ3v) is 9.48. The Balaban J connectivity index is 1.41. The molecule has 232 valence electrons. The van der Waals surface area contributed by atoms with Crippen molar-refractivity contribution in [1.82, 2.24) is 14.9 Å². The van der Waals surface area contributed by atoms with E-state index in [4.69, 9.17) is 10.5 Å². The Morgan fingerprint density at radius 2 is 1.93 bits per heavy atom. The fraction of sp³-hybridized carbons (Fsp3) is 0.310. The van der Waals surface area contributed by atoms with Crippen molar-refractivity contribution >= 4 is 38.2 Å². The molecule has 1 fully saturated rings. The summed E-state index contributed by atoms with van der Waals surface area (Å²) in [4.78, 5) is 31.7. The van der Waals surface area contributed by atoms with E-state index in [9.17, 15) is 32.1 Å². The third-order valence-electron chi connectivity index (χ3n) is 7.71. The van der Waals surface area contributed by atoms with E-state index in [1.165, 1.54) is 36.5 Å². The van der Waals surface area contributed by atoms with Gasteiger partial charge in [-0.25, -0.2) is 22.2 Å². The molecule has 1 saturated heterocycles. The number of amides is 1. The van der Waals surface area contributed by atoms with E-state index < -0.39 is 55.5 Å². The van der Waals surface area contributed by atoms with Gasteiger partial charge in [0.25, 0.3) is 11.6 Å². The molecule has 1 amide bonds. The van der Waals surface area contributed by atoms with E-state index in [0.29, 0.717) is 43.5 Å². The number of aromatic amines is 1. The number of piperidine rings is 1. The first-order valence-electron chi connectivity index (χ1n) is 13.8. The Morgan fingerprint density at radius 3 is 2.61 bits per heavy atom. The molecule has 0 aliphatic carbocycles. The van der Waals surface area contributed by atoms with Crippen molar-refractivity contribution in [1.29, 1.82) is 0 Å². The highest BCUT2D eigenvalue weighted by molar-refractivity contribution is 7.91. The van der Waals surface area contributed by atoms with Crippen LogP contribution in [0.25, 0.3) is 11.0 Å². The molecule has 0 bridgehead atoms. The smallest absolute Gasteiger partial charge is 0.293 e. The molecule has 3 heterocycles. The van der Waals surface area contributed by atoms with E-state index >= 15 is 0 Å². The molecule has 0 saturated carbocycles. The molecule has 44 heavy (non-hydrogen) atoms. The summed E-state index contributed by atoms with van der Waals surface area (Å²) < 4.78 is 59.7. The molecular weight excluding hydrogens is 598 g/mol. The zero-order valence-electron chi connectivity index (χ0n) is 23.4. The van der Waals surface area contributed by atoms with E-state index in [1.807, 2.05) is 0 Å². The van der Waals surface area contributed by atoms with Crippen LogP contribution >= 0.6 is 0 Å². The van der Waals surface area contributed by atoms with Crippen LogP contribution in [-0.4, -0.2) is 73.1 Å². The average Bonchev–Trinajstić information content (AvgIpc) is 3.49. The molecule has 1 aliphatic heterocycles. The van der Waals surface area contributed by atoms with Crippen molar-refractivity contribution < 1.29 is 31.7 Å². The van der Waals surface area contributed by atoms with Gasteiger partial charge in [-0.15, -0.1) is 0 Å². The van der Waals surface area contributed by atoms with Crippen LogP contribution in [0.5, 0.6) is 11.5 Å². The summed E-state index contributed by atoms with van der Waals surface area (Å²) >= 11 is 0. The number of benzene rings is 2. The van der Waals surface area contributed by atoms with E-state index in [-0.39, 0.29) is 28.7 Å². The third kappa shape index (κ3) is 6.33. The second-order valence-electron chi connectivity index (χ2n) is 10.4. The summed E-state index contributed by atoms with van der Waals surface area (Å²) in [5.74, 6) is -1.03. The SMILES string of the molecule is NC(=O)c1cccc(S(=O)(=O)c2ccc(NCC3CCN(C(CF)CF)CC3)c([N+](=O)[O-])c2)c1Oc1cnc2[nH]ccc2c1. The number of alkyl halides is 2. The summed E-state index contributed by atoms with van der Waals surface area (Å²) in [6.07, 6.45) is 4.31. The number of H-pyrrole nitrogens is 1. The number of nitrogens with two attached hydrogens (primary N) is 1. The number of hydrogen-bond donors (Lipinski definition) is 3. The molecule has 5 rings (SSSR count). The van der Waals surface area contributed by atoms with Crippen LogP contribution in [0, 0.1) is 16.0 Å². The summed E-state index contributed by atoms with van der Waals surface area (Å²) in [5.41, 5.74) is 5.56. The Hall–Kier alpha value is -4.63. The number of ether oxygens (including phenoxy) is 1. The number of hydrogen-bond acceptors (Lipinski definition) is 9. The summed E-state index contributed by atoms with van der Waals surface area (Å²) in [6, 6.07) is 9.93. The fourth-order valence-corrected chi connectivity index (χ4v) is 6.66. The number of nitrogens with one attached hydrogen (secondary N) is 2. The molecule has 0 unspecified atom stereocenters. The maximum absolute atomic E-state index is 13.9. The number of nitrogens with zero attached hydrogens (tertiary/aromatic N) is 3. The Morgan fingerprint density at radius 1 is 1.18 bits per heavy atom. The largest absolute Gasteiger partial charge is 0.453 e. The number of nitro groups is 1. The molecule has 0 spiro atoms. The number of halogens is 2. The molecule has 4 N–H and O–H groups in total. The van der Waals surface area contributed by atoms with Gasteiger partial charge in [-0.2, -0.15) is 0 Å². The van der Waals surface area contributed by atoms with Gasteiger partial charge in [-0.3, -0.25) is 19.8 Å². The zero-order valence-corrected chi connectivity index (χ0v) is 24.2. The number of fused-ring (bicyclic) bond motifs is 1. The topological polar surface area (TPSA) is 174 Å². The number of anilines is 1. The van der Waals surface area contributed by atoms with Crippen LogP contribution in [0.4, 0.5) is 20.2 Å². The Labute approximate surface area is 251 Å². The molecule has 4 aromatic rings. The molecule has 2 aromatic heterocycles. The Kier molecular flexibility index (Phi) is 9.06. The minimum absolute atomic E-state index is 0.102. The predicted molar refractivity (Wildman–Crippen MR) is 158 cm³/mol. The van der Waals surface area contributed by atoms with Gasteiger partial charge in [0.05, 0.1) is 27.6 Å². The van der Waals surface area contributed by atoms with E-state index in [2.05, 4.69) is 15.3 Å². The predicted octanol–water partition coefficient (Wildman–Crippen LogP) is 4.63. The Bertz CT molecular complexity index is 1790. The number of para-hydroxylation sites is 1. The highest BCUT2D eigenvalue weighted by atomic mass is 32.2. The first kappa shape index (κ1) is 30.8. The summed E-state index contributed by atoms with van der Waals surface area (Å²) in [6.45, 7) is -0.152. The van der Waals surface area contributed by atoms with E-state index in [1.54, 1.807) is 23.2 Å². The maximum atomic E-state index is 13.9. The lowest BCUT2D eigenvalue weighted by Gasteiger charge is -2.35. The number of aromatic nitrogens is 2. The van der Waals surface area contributed by atoms with Gasteiger partial charge in [0.2, 0.25) is 9.84 Å². The second-order valence-corrected chi connectivity index (χ2v) is 12.4. The van der Waals surface area contributed by atoms with E-state index in [0.717, 1.165) is 6.07 Å². The fourth-order valence-electron chi connectivity index (χ4n) is 5.24. The normalized spacial score (nSPS) is 14.6. The number of carbonyl (C=O) groups excluding carboxylic acids is 1. The number of likely N-dealkylation sites (tertiary alicyclic amines) is 1. The minimum Gasteiger partial charge on any atom is -0.453 e.